The molecule has 2 aromatic rings. The van der Waals surface area contributed by atoms with Crippen LogP contribution in [0.4, 0.5) is 16.6 Å². The zero-order valence-corrected chi connectivity index (χ0v) is 15.3. The first-order valence-corrected chi connectivity index (χ1v) is 9.25. The van der Waals surface area contributed by atoms with Crippen LogP contribution in [0.5, 0.6) is 5.75 Å². The predicted molar refractivity (Wildman–Crippen MR) is 102 cm³/mol. The Morgan fingerprint density at radius 2 is 2.07 bits per heavy atom. The lowest BCUT2D eigenvalue weighted by Gasteiger charge is -2.28. The maximum absolute atomic E-state index is 12.5. The zero-order chi connectivity index (χ0) is 18.8. The number of rotatable bonds is 3. The number of aromatic hydroxyl groups is 1. The van der Waals surface area contributed by atoms with E-state index in [1.807, 2.05) is 13.0 Å². The second-order valence-electron chi connectivity index (χ2n) is 6.56. The molecule has 0 atom stereocenters. The standard InChI is InChI=1S/C19H23N5O3/c1-2-20-19(26)24-7-6-15-16(13-4-3-5-14(25)12-13)21-18(22-17(15)24)23-8-10-27-11-9-23/h3-5,12,25H,2,6-11H2,1H3,(H,20,26). The van der Waals surface area contributed by atoms with Gasteiger partial charge in [-0.2, -0.15) is 4.98 Å². The van der Waals surface area contributed by atoms with Crippen LogP contribution < -0.4 is 15.1 Å². The molecule has 0 unspecified atom stereocenters. The van der Waals surface area contributed by atoms with Crippen molar-refractivity contribution in [3.05, 3.63) is 29.8 Å². The molecular weight excluding hydrogens is 346 g/mol. The zero-order valence-electron chi connectivity index (χ0n) is 15.3. The van der Waals surface area contributed by atoms with Gasteiger partial charge in [-0.05, 0) is 25.5 Å². The largest absolute Gasteiger partial charge is 0.508 e. The molecular formula is C19H23N5O3. The number of fused-ring (bicyclic) bond motifs is 1. The van der Waals surface area contributed by atoms with Crippen LogP contribution in [-0.4, -0.2) is 60.5 Å². The number of phenols is 1. The number of nitrogens with zero attached hydrogens (tertiary/aromatic N) is 4. The highest BCUT2D eigenvalue weighted by Gasteiger charge is 2.31. The van der Waals surface area contributed by atoms with E-state index in [2.05, 4.69) is 10.2 Å². The molecule has 1 fully saturated rings. The van der Waals surface area contributed by atoms with Crippen LogP contribution >= 0.6 is 0 Å². The Hall–Kier alpha value is -2.87. The van der Waals surface area contributed by atoms with E-state index in [4.69, 9.17) is 14.7 Å². The molecule has 8 heteroatoms. The molecule has 0 saturated carbocycles. The predicted octanol–water partition coefficient (Wildman–Crippen LogP) is 1.78. The molecule has 0 radical (unpaired) electrons. The normalized spacial score (nSPS) is 16.3. The Balaban J connectivity index is 1.82. The van der Waals surface area contributed by atoms with Crippen molar-refractivity contribution in [3.63, 3.8) is 0 Å². The highest BCUT2D eigenvalue weighted by Crippen LogP contribution is 2.36. The summed E-state index contributed by atoms with van der Waals surface area (Å²) in [5.74, 6) is 1.42. The van der Waals surface area contributed by atoms with E-state index >= 15 is 0 Å². The third kappa shape index (κ3) is 3.40. The SMILES string of the molecule is CCNC(=O)N1CCc2c(-c3cccc(O)c3)nc(N3CCOCC3)nc21. The summed E-state index contributed by atoms with van der Waals surface area (Å²) < 4.78 is 5.43. The number of aromatic nitrogens is 2. The molecule has 4 rings (SSSR count). The summed E-state index contributed by atoms with van der Waals surface area (Å²) in [7, 11) is 0. The van der Waals surface area contributed by atoms with Crippen LogP contribution in [0.3, 0.4) is 0 Å². The van der Waals surface area contributed by atoms with Gasteiger partial charge in [0, 0.05) is 37.3 Å². The molecule has 0 bridgehead atoms. The van der Waals surface area contributed by atoms with Crippen LogP contribution in [0.2, 0.25) is 0 Å². The fourth-order valence-corrected chi connectivity index (χ4v) is 3.48. The monoisotopic (exact) mass is 369 g/mol. The van der Waals surface area contributed by atoms with Crippen LogP contribution in [-0.2, 0) is 11.2 Å². The van der Waals surface area contributed by atoms with E-state index in [-0.39, 0.29) is 11.8 Å². The second kappa shape index (κ2) is 7.40. The number of hydrogen-bond donors (Lipinski definition) is 2. The van der Waals surface area contributed by atoms with Gasteiger partial charge < -0.3 is 20.1 Å². The molecule has 142 valence electrons. The number of urea groups is 1. The van der Waals surface area contributed by atoms with Crippen LogP contribution in [0.25, 0.3) is 11.3 Å². The summed E-state index contributed by atoms with van der Waals surface area (Å²) in [6.45, 7) is 5.69. The number of carbonyl (C=O) groups is 1. The number of phenolic OH excluding ortho intramolecular Hbond substituents is 1. The van der Waals surface area contributed by atoms with Gasteiger partial charge in [0.2, 0.25) is 5.95 Å². The Morgan fingerprint density at radius 3 is 2.81 bits per heavy atom. The smallest absolute Gasteiger partial charge is 0.323 e. The van der Waals surface area contributed by atoms with E-state index in [1.54, 1.807) is 23.1 Å². The summed E-state index contributed by atoms with van der Waals surface area (Å²) in [5, 5.41) is 12.8. The minimum atomic E-state index is -0.148. The fourth-order valence-electron chi connectivity index (χ4n) is 3.48. The van der Waals surface area contributed by atoms with Gasteiger partial charge in [0.1, 0.15) is 11.6 Å². The first-order valence-electron chi connectivity index (χ1n) is 9.25. The van der Waals surface area contributed by atoms with Gasteiger partial charge in [-0.3, -0.25) is 4.90 Å². The van der Waals surface area contributed by atoms with Crippen molar-refractivity contribution < 1.29 is 14.6 Å². The van der Waals surface area contributed by atoms with E-state index in [9.17, 15) is 9.90 Å². The molecule has 3 heterocycles. The van der Waals surface area contributed by atoms with Crippen molar-refractivity contribution in [3.8, 4) is 17.0 Å². The van der Waals surface area contributed by atoms with Gasteiger partial charge in [0.15, 0.2) is 0 Å². The maximum atomic E-state index is 12.5. The first kappa shape index (κ1) is 17.5. The molecule has 1 saturated heterocycles. The van der Waals surface area contributed by atoms with E-state index in [1.165, 1.54) is 0 Å². The molecule has 2 amide bonds. The lowest BCUT2D eigenvalue weighted by Crippen LogP contribution is -2.40. The minimum absolute atomic E-state index is 0.148. The van der Waals surface area contributed by atoms with Gasteiger partial charge in [0.25, 0.3) is 0 Å². The molecule has 1 aromatic heterocycles. The summed E-state index contributed by atoms with van der Waals surface area (Å²) in [6, 6.07) is 6.89. The minimum Gasteiger partial charge on any atom is -0.508 e. The number of nitrogens with one attached hydrogen (secondary N) is 1. The van der Waals surface area contributed by atoms with Crippen molar-refractivity contribution in [2.24, 2.45) is 0 Å². The van der Waals surface area contributed by atoms with Gasteiger partial charge in [0.05, 0.1) is 18.9 Å². The highest BCUT2D eigenvalue weighted by atomic mass is 16.5. The quantitative estimate of drug-likeness (QED) is 0.857. The number of ether oxygens (including phenoxy) is 1. The Kier molecular flexibility index (Phi) is 4.81. The van der Waals surface area contributed by atoms with Crippen molar-refractivity contribution in [2.75, 3.05) is 49.2 Å². The number of hydrogen-bond acceptors (Lipinski definition) is 6. The van der Waals surface area contributed by atoms with Crippen molar-refractivity contribution in [1.29, 1.82) is 0 Å². The Morgan fingerprint density at radius 1 is 1.26 bits per heavy atom. The Bertz CT molecular complexity index is 851. The number of benzene rings is 1. The van der Waals surface area contributed by atoms with Gasteiger partial charge in [-0.15, -0.1) is 0 Å². The number of anilines is 2. The molecule has 2 N–H and O–H groups in total. The average molecular weight is 369 g/mol. The molecule has 0 spiro atoms. The van der Waals surface area contributed by atoms with Gasteiger partial charge in [-0.25, -0.2) is 9.78 Å². The molecule has 0 aliphatic carbocycles. The third-order valence-corrected chi connectivity index (χ3v) is 4.80. The molecule has 8 nitrogen and oxygen atoms in total. The van der Waals surface area contributed by atoms with Gasteiger partial charge >= 0.3 is 6.03 Å². The van der Waals surface area contributed by atoms with Crippen LogP contribution in [0.15, 0.2) is 24.3 Å². The lowest BCUT2D eigenvalue weighted by atomic mass is 10.1. The number of amides is 2. The lowest BCUT2D eigenvalue weighted by molar-refractivity contribution is 0.122. The summed E-state index contributed by atoms with van der Waals surface area (Å²) in [5.41, 5.74) is 2.52. The van der Waals surface area contributed by atoms with Crippen LogP contribution in [0, 0.1) is 0 Å². The van der Waals surface area contributed by atoms with Crippen molar-refractivity contribution in [2.45, 2.75) is 13.3 Å². The molecule has 2 aliphatic heterocycles. The van der Waals surface area contributed by atoms with E-state index in [0.717, 1.165) is 16.8 Å². The second-order valence-corrected chi connectivity index (χ2v) is 6.56. The molecule has 2 aliphatic rings. The highest BCUT2D eigenvalue weighted by molar-refractivity contribution is 5.94. The average Bonchev–Trinajstić information content (AvgIpc) is 3.12. The van der Waals surface area contributed by atoms with Crippen molar-refractivity contribution in [1.82, 2.24) is 15.3 Å². The number of carbonyl (C=O) groups excluding carboxylic acids is 1. The Labute approximate surface area is 157 Å². The topological polar surface area (TPSA) is 90.8 Å². The maximum Gasteiger partial charge on any atom is 0.323 e. The fraction of sp³-hybridized carbons (Fsp3) is 0.421. The van der Waals surface area contributed by atoms with Crippen molar-refractivity contribution >= 4 is 17.8 Å². The van der Waals surface area contributed by atoms with Gasteiger partial charge in [-0.1, -0.05) is 12.1 Å². The summed E-state index contributed by atoms with van der Waals surface area (Å²) >= 11 is 0. The molecule has 27 heavy (non-hydrogen) atoms. The first-order chi connectivity index (χ1) is 13.2. The third-order valence-electron chi connectivity index (χ3n) is 4.80. The van der Waals surface area contributed by atoms with E-state index < -0.39 is 0 Å². The summed E-state index contributed by atoms with van der Waals surface area (Å²) in [6.07, 6.45) is 0.681. The van der Waals surface area contributed by atoms with Crippen LogP contribution in [0.1, 0.15) is 12.5 Å². The molecule has 1 aromatic carbocycles. The van der Waals surface area contributed by atoms with E-state index in [0.29, 0.717) is 57.6 Å². The number of morpholine rings is 1. The summed E-state index contributed by atoms with van der Waals surface area (Å²) in [4.78, 5) is 25.8.